The van der Waals surface area contributed by atoms with Crippen molar-refractivity contribution >= 4 is 22.4 Å². The van der Waals surface area contributed by atoms with Crippen LogP contribution in [0.25, 0.3) is 11.1 Å². The summed E-state index contributed by atoms with van der Waals surface area (Å²) in [5, 5.41) is 11.0. The Morgan fingerprint density at radius 2 is 1.97 bits per heavy atom. The molecular formula is C24H21F3N4O4S. The number of aromatic nitrogens is 3. The quantitative estimate of drug-likeness (QED) is 0.526. The van der Waals surface area contributed by atoms with Crippen molar-refractivity contribution in [2.45, 2.75) is 19.0 Å². The van der Waals surface area contributed by atoms with E-state index in [9.17, 15) is 22.8 Å². The van der Waals surface area contributed by atoms with Crippen LogP contribution in [-0.2, 0) is 18.0 Å². The molecule has 8 nitrogen and oxygen atoms in total. The van der Waals surface area contributed by atoms with Gasteiger partial charge in [0.25, 0.3) is 11.5 Å². The van der Waals surface area contributed by atoms with Crippen molar-refractivity contribution in [3.05, 3.63) is 57.0 Å². The summed E-state index contributed by atoms with van der Waals surface area (Å²) in [6, 6.07) is 3.98. The second-order valence-electron chi connectivity index (χ2n) is 7.99. The van der Waals surface area contributed by atoms with Gasteiger partial charge in [-0.3, -0.25) is 14.9 Å². The molecule has 1 aromatic carbocycles. The first-order valence-corrected chi connectivity index (χ1v) is 11.7. The minimum Gasteiger partial charge on any atom is -0.496 e. The third-order valence-corrected chi connectivity index (χ3v) is 6.29. The van der Waals surface area contributed by atoms with Gasteiger partial charge >= 0.3 is 6.18 Å². The maximum atomic E-state index is 13.4. The number of benzene rings is 1. The third kappa shape index (κ3) is 5.75. The number of amides is 1. The van der Waals surface area contributed by atoms with Crippen LogP contribution in [-0.4, -0.2) is 41.0 Å². The summed E-state index contributed by atoms with van der Waals surface area (Å²) < 4.78 is 51.9. The van der Waals surface area contributed by atoms with E-state index >= 15 is 0 Å². The highest BCUT2D eigenvalue weighted by Gasteiger charge is 2.32. The summed E-state index contributed by atoms with van der Waals surface area (Å²) in [6.07, 6.45) is -1.65. The van der Waals surface area contributed by atoms with Crippen molar-refractivity contribution in [3.8, 4) is 28.7 Å². The molecule has 2 aromatic heterocycles. The molecule has 3 aromatic rings. The number of hydrogen-bond acceptors (Lipinski definition) is 7. The van der Waals surface area contributed by atoms with Gasteiger partial charge in [0.05, 0.1) is 18.2 Å². The predicted octanol–water partition coefficient (Wildman–Crippen LogP) is 3.96. The topological polar surface area (TPSA) is 95.3 Å². The number of carbonyl (C=O) groups is 1. The first-order valence-electron chi connectivity index (χ1n) is 10.9. The van der Waals surface area contributed by atoms with E-state index in [1.165, 1.54) is 31.0 Å². The number of aryl methyl sites for hydroxylation is 1. The Morgan fingerprint density at radius 3 is 2.67 bits per heavy atom. The second kappa shape index (κ2) is 10.5. The summed E-state index contributed by atoms with van der Waals surface area (Å²) in [5.74, 6) is 5.65. The standard InChI is InChI=1S/C24H21F3N4O4S/c1-31-13-18(16-11-15(24(25,26)27)4-5-19(16)34-2)17(12-21(31)32)22(33)28-23-30-29-20(36-23)6-3-14-7-9-35-10-8-14/h4-5,11-14H,7-10H2,1-2H3,(H,28,30,33). The zero-order valence-corrected chi connectivity index (χ0v) is 20.1. The number of alkyl halides is 3. The molecule has 4 rings (SSSR count). The van der Waals surface area contributed by atoms with Crippen LogP contribution in [0.1, 0.15) is 33.8 Å². The summed E-state index contributed by atoms with van der Waals surface area (Å²) >= 11 is 1.05. The lowest BCUT2D eigenvalue weighted by Crippen LogP contribution is -2.22. The van der Waals surface area contributed by atoms with Gasteiger partial charge in [-0.1, -0.05) is 17.3 Å². The molecular weight excluding hydrogens is 497 g/mol. The van der Waals surface area contributed by atoms with Crippen LogP contribution in [0.3, 0.4) is 0 Å². The molecule has 0 radical (unpaired) electrons. The zero-order chi connectivity index (χ0) is 25.9. The third-order valence-electron chi connectivity index (χ3n) is 5.54. The molecule has 3 heterocycles. The van der Waals surface area contributed by atoms with Crippen molar-refractivity contribution in [2.75, 3.05) is 25.6 Å². The van der Waals surface area contributed by atoms with Gasteiger partial charge in [0, 0.05) is 49.6 Å². The van der Waals surface area contributed by atoms with Crippen molar-refractivity contribution in [3.63, 3.8) is 0 Å². The number of pyridine rings is 1. The molecule has 1 saturated heterocycles. The van der Waals surface area contributed by atoms with Gasteiger partial charge in [0.15, 0.2) is 5.01 Å². The van der Waals surface area contributed by atoms with Gasteiger partial charge in [-0.2, -0.15) is 13.2 Å². The molecule has 1 fully saturated rings. The van der Waals surface area contributed by atoms with Gasteiger partial charge in [0.1, 0.15) is 5.75 Å². The zero-order valence-electron chi connectivity index (χ0n) is 19.3. The average molecular weight is 519 g/mol. The smallest absolute Gasteiger partial charge is 0.416 e. The molecule has 12 heteroatoms. The van der Waals surface area contributed by atoms with Crippen LogP contribution in [0.4, 0.5) is 18.3 Å². The number of anilines is 1. The molecule has 1 aliphatic rings. The summed E-state index contributed by atoms with van der Waals surface area (Å²) in [6.45, 7) is 1.32. The molecule has 1 N–H and O–H groups in total. The fourth-order valence-electron chi connectivity index (χ4n) is 3.62. The fourth-order valence-corrected chi connectivity index (χ4v) is 4.22. The van der Waals surface area contributed by atoms with Crippen molar-refractivity contribution in [2.24, 2.45) is 13.0 Å². The van der Waals surface area contributed by atoms with Crippen molar-refractivity contribution < 1.29 is 27.4 Å². The lowest BCUT2D eigenvalue weighted by atomic mass is 9.98. The average Bonchev–Trinajstić information content (AvgIpc) is 3.31. The SMILES string of the molecule is COc1ccc(C(F)(F)F)cc1-c1cn(C)c(=O)cc1C(=O)Nc1nnc(C#CC2CCOCC2)s1. The van der Waals surface area contributed by atoms with E-state index in [2.05, 4.69) is 27.4 Å². The van der Waals surface area contributed by atoms with Gasteiger partial charge in [0.2, 0.25) is 5.13 Å². The van der Waals surface area contributed by atoms with Gasteiger partial charge in [-0.05, 0) is 37.0 Å². The van der Waals surface area contributed by atoms with E-state index in [1.54, 1.807) is 0 Å². The van der Waals surface area contributed by atoms with Crippen molar-refractivity contribution in [1.82, 2.24) is 14.8 Å². The first-order chi connectivity index (χ1) is 17.2. The predicted molar refractivity (Wildman–Crippen MR) is 127 cm³/mol. The fraction of sp³-hybridized carbons (Fsp3) is 0.333. The van der Waals surface area contributed by atoms with Crippen LogP contribution >= 0.6 is 11.3 Å². The number of hydrogen-bond donors (Lipinski definition) is 1. The van der Waals surface area contributed by atoms with Gasteiger partial charge < -0.3 is 14.0 Å². The minimum atomic E-state index is -4.61. The van der Waals surface area contributed by atoms with Crippen molar-refractivity contribution in [1.29, 1.82) is 0 Å². The highest BCUT2D eigenvalue weighted by molar-refractivity contribution is 7.15. The second-order valence-corrected chi connectivity index (χ2v) is 8.96. The van der Waals surface area contributed by atoms with E-state index in [0.29, 0.717) is 18.2 Å². The van der Waals surface area contributed by atoms with Crippen LogP contribution in [0, 0.1) is 17.8 Å². The van der Waals surface area contributed by atoms with E-state index in [1.807, 2.05) is 0 Å². The number of carbonyl (C=O) groups excluding carboxylic acids is 1. The van der Waals surface area contributed by atoms with Crippen LogP contribution in [0.5, 0.6) is 5.75 Å². The Kier molecular flexibility index (Phi) is 7.42. The molecule has 36 heavy (non-hydrogen) atoms. The van der Waals surface area contributed by atoms with E-state index in [4.69, 9.17) is 9.47 Å². The van der Waals surface area contributed by atoms with Crippen LogP contribution < -0.4 is 15.6 Å². The Hall–Kier alpha value is -3.69. The summed E-state index contributed by atoms with van der Waals surface area (Å²) in [4.78, 5) is 25.5. The Morgan fingerprint density at radius 1 is 1.22 bits per heavy atom. The molecule has 0 unspecified atom stereocenters. The number of nitrogens with zero attached hydrogens (tertiary/aromatic N) is 3. The maximum Gasteiger partial charge on any atom is 0.416 e. The monoisotopic (exact) mass is 518 g/mol. The lowest BCUT2D eigenvalue weighted by Gasteiger charge is -2.16. The minimum absolute atomic E-state index is 0.00774. The molecule has 188 valence electrons. The van der Waals surface area contributed by atoms with E-state index in [0.717, 1.165) is 42.4 Å². The highest BCUT2D eigenvalue weighted by Crippen LogP contribution is 2.38. The van der Waals surface area contributed by atoms with Gasteiger partial charge in [-0.25, -0.2) is 0 Å². The van der Waals surface area contributed by atoms with Gasteiger partial charge in [-0.15, -0.1) is 10.2 Å². The molecule has 0 saturated carbocycles. The normalized spacial score (nSPS) is 14.1. The Bertz CT molecular complexity index is 1400. The summed E-state index contributed by atoms with van der Waals surface area (Å²) in [5.41, 5.74) is -1.48. The Labute approximate surface area is 208 Å². The highest BCUT2D eigenvalue weighted by atomic mass is 32.1. The lowest BCUT2D eigenvalue weighted by molar-refractivity contribution is -0.137. The Balaban J connectivity index is 1.66. The van der Waals surface area contributed by atoms with Crippen LogP contribution in [0.2, 0.25) is 0 Å². The van der Waals surface area contributed by atoms with Crippen LogP contribution in [0.15, 0.2) is 35.3 Å². The molecule has 1 aliphatic heterocycles. The summed E-state index contributed by atoms with van der Waals surface area (Å²) in [7, 11) is 2.74. The van der Waals surface area contributed by atoms with E-state index < -0.39 is 23.2 Å². The number of rotatable bonds is 4. The van der Waals surface area contributed by atoms with E-state index in [-0.39, 0.29) is 33.5 Å². The maximum absolute atomic E-state index is 13.4. The molecule has 0 spiro atoms. The first kappa shape index (κ1) is 25.4. The number of ether oxygens (including phenoxy) is 2. The number of halogens is 3. The molecule has 0 bridgehead atoms. The largest absolute Gasteiger partial charge is 0.496 e. The molecule has 1 amide bonds. The number of nitrogens with one attached hydrogen (secondary N) is 1. The molecule has 0 atom stereocenters. The number of methoxy groups -OCH3 is 1. The molecule has 0 aliphatic carbocycles.